The van der Waals surface area contributed by atoms with Gasteiger partial charge in [0.05, 0.1) is 12.2 Å². The summed E-state index contributed by atoms with van der Waals surface area (Å²) in [7, 11) is 0. The number of hydrogen-bond donors (Lipinski definition) is 2. The molecule has 1 saturated heterocycles. The highest BCUT2D eigenvalue weighted by molar-refractivity contribution is 5.96. The van der Waals surface area contributed by atoms with Crippen LogP contribution in [-0.2, 0) is 13.0 Å². The fourth-order valence-corrected chi connectivity index (χ4v) is 6.55. The van der Waals surface area contributed by atoms with E-state index in [9.17, 15) is 9.59 Å². The maximum Gasteiger partial charge on any atom is 0.253 e. The molecule has 3 aliphatic rings. The number of ether oxygens (including phenoxy) is 1. The molecule has 3 atom stereocenters. The van der Waals surface area contributed by atoms with Crippen LogP contribution in [0.15, 0.2) is 60.8 Å². The molecule has 0 radical (unpaired) electrons. The van der Waals surface area contributed by atoms with Crippen molar-refractivity contribution < 1.29 is 14.3 Å². The molecule has 202 valence electrons. The number of aromatic nitrogens is 1. The van der Waals surface area contributed by atoms with Gasteiger partial charge in [-0.25, -0.2) is 4.98 Å². The van der Waals surface area contributed by atoms with Crippen molar-refractivity contribution in [3.8, 4) is 5.75 Å². The molecule has 3 aromatic rings. The molecule has 0 bridgehead atoms. The molecule has 2 aromatic carbocycles. The number of hydrogen-bond acceptors (Lipinski definition) is 5. The number of benzene rings is 2. The minimum atomic E-state index is -0.124. The third-order valence-electron chi connectivity index (χ3n) is 8.54. The van der Waals surface area contributed by atoms with Crippen molar-refractivity contribution in [1.82, 2.24) is 15.6 Å². The molecule has 39 heavy (non-hydrogen) atoms. The Labute approximate surface area is 230 Å². The van der Waals surface area contributed by atoms with Gasteiger partial charge in [0.1, 0.15) is 11.6 Å². The maximum absolute atomic E-state index is 13.3. The Kier molecular flexibility index (Phi) is 7.22. The highest BCUT2D eigenvalue weighted by atomic mass is 16.5. The van der Waals surface area contributed by atoms with Gasteiger partial charge in [-0.15, -0.1) is 0 Å². The third kappa shape index (κ3) is 5.35. The van der Waals surface area contributed by atoms with Crippen LogP contribution >= 0.6 is 0 Å². The standard InChI is InChI=1S/C32H36N4O3/c1-21-27(13-11-23-10-6-16-39-30(21)23)32(38)35-26-17-24-9-5-15-36(28(24)18-26)29-14-12-25(20-33-29)31(37)34-19-22-7-3-2-4-8-22/h2-4,7-8,11-14,20,24,26,28H,5-6,9-10,15-19H2,1H3,(H,34,37)(H,35,38). The molecule has 3 unspecified atom stereocenters. The highest BCUT2D eigenvalue weighted by Crippen LogP contribution is 2.39. The zero-order valence-corrected chi connectivity index (χ0v) is 22.5. The molecule has 2 N–H and O–H groups in total. The van der Waals surface area contributed by atoms with E-state index in [1.807, 2.05) is 61.5 Å². The van der Waals surface area contributed by atoms with Crippen molar-refractivity contribution in [3.63, 3.8) is 0 Å². The fourth-order valence-electron chi connectivity index (χ4n) is 6.55. The van der Waals surface area contributed by atoms with Crippen molar-refractivity contribution in [2.75, 3.05) is 18.1 Å². The number of rotatable bonds is 6. The Morgan fingerprint density at radius 3 is 2.72 bits per heavy atom. The summed E-state index contributed by atoms with van der Waals surface area (Å²) in [5, 5.41) is 6.30. The number of piperidine rings is 1. The van der Waals surface area contributed by atoms with Crippen molar-refractivity contribution in [1.29, 1.82) is 0 Å². The molecule has 1 aromatic heterocycles. The second kappa shape index (κ2) is 11.1. The monoisotopic (exact) mass is 524 g/mol. The number of carbonyl (C=O) groups is 2. The largest absolute Gasteiger partial charge is 0.493 e. The smallest absolute Gasteiger partial charge is 0.253 e. The SMILES string of the molecule is Cc1c(C(=O)NC2CC3CCCN(c4ccc(C(=O)NCc5ccccc5)cn4)C3C2)ccc2c1OCCC2. The Hall–Kier alpha value is -3.87. The number of anilines is 1. The van der Waals surface area contributed by atoms with E-state index in [-0.39, 0.29) is 17.9 Å². The lowest BCUT2D eigenvalue weighted by atomic mass is 9.92. The van der Waals surface area contributed by atoms with E-state index in [1.165, 1.54) is 12.0 Å². The van der Waals surface area contributed by atoms with Crippen LogP contribution in [0.4, 0.5) is 5.82 Å². The fraction of sp³-hybridized carbons (Fsp3) is 0.406. The Balaban J connectivity index is 1.09. The summed E-state index contributed by atoms with van der Waals surface area (Å²) in [5.74, 6) is 2.18. The molecule has 1 aliphatic carbocycles. The van der Waals surface area contributed by atoms with E-state index < -0.39 is 0 Å². The van der Waals surface area contributed by atoms with Crippen LogP contribution in [0.2, 0.25) is 0 Å². The van der Waals surface area contributed by atoms with Gasteiger partial charge in [0.2, 0.25) is 0 Å². The topological polar surface area (TPSA) is 83.6 Å². The number of nitrogens with zero attached hydrogens (tertiary/aromatic N) is 2. The summed E-state index contributed by atoms with van der Waals surface area (Å²) >= 11 is 0. The summed E-state index contributed by atoms with van der Waals surface area (Å²) in [6, 6.07) is 18.2. The summed E-state index contributed by atoms with van der Waals surface area (Å²) in [6.45, 7) is 4.14. The molecule has 6 rings (SSSR count). The van der Waals surface area contributed by atoms with Gasteiger partial charge >= 0.3 is 0 Å². The predicted molar refractivity (Wildman–Crippen MR) is 151 cm³/mol. The van der Waals surface area contributed by atoms with E-state index in [4.69, 9.17) is 4.74 Å². The molecule has 7 nitrogen and oxygen atoms in total. The molecule has 2 amide bonds. The van der Waals surface area contributed by atoms with Gasteiger partial charge in [0.25, 0.3) is 11.8 Å². The number of nitrogens with one attached hydrogen (secondary N) is 2. The van der Waals surface area contributed by atoms with Gasteiger partial charge in [-0.3, -0.25) is 9.59 Å². The zero-order chi connectivity index (χ0) is 26.8. The molecule has 2 aliphatic heterocycles. The van der Waals surface area contributed by atoms with Gasteiger partial charge in [0, 0.05) is 42.5 Å². The summed E-state index contributed by atoms with van der Waals surface area (Å²) in [5.41, 5.74) is 4.48. The molecular formula is C32H36N4O3. The van der Waals surface area contributed by atoms with Crippen molar-refractivity contribution in [2.24, 2.45) is 5.92 Å². The van der Waals surface area contributed by atoms with Crippen LogP contribution in [0.3, 0.4) is 0 Å². The average molecular weight is 525 g/mol. The quantitative estimate of drug-likeness (QED) is 0.483. The van der Waals surface area contributed by atoms with Crippen LogP contribution in [-0.4, -0.2) is 42.0 Å². The molecule has 2 fully saturated rings. The third-order valence-corrected chi connectivity index (χ3v) is 8.54. The van der Waals surface area contributed by atoms with Gasteiger partial charge in [0.15, 0.2) is 0 Å². The number of aryl methyl sites for hydroxylation is 1. The molecule has 7 heteroatoms. The van der Waals surface area contributed by atoms with Crippen molar-refractivity contribution in [2.45, 2.75) is 64.1 Å². The van der Waals surface area contributed by atoms with Crippen LogP contribution in [0, 0.1) is 12.8 Å². The molecule has 1 saturated carbocycles. The van der Waals surface area contributed by atoms with E-state index in [0.717, 1.165) is 61.3 Å². The molecular weight excluding hydrogens is 488 g/mol. The first-order valence-electron chi connectivity index (χ1n) is 14.2. The van der Waals surface area contributed by atoms with Gasteiger partial charge in [-0.1, -0.05) is 36.4 Å². The zero-order valence-electron chi connectivity index (χ0n) is 22.5. The lowest BCUT2D eigenvalue weighted by molar-refractivity contribution is 0.0932. The van der Waals surface area contributed by atoms with Crippen LogP contribution in [0.25, 0.3) is 0 Å². The summed E-state index contributed by atoms with van der Waals surface area (Å²) in [4.78, 5) is 33.0. The normalized spacial score (nSPS) is 21.9. The lowest BCUT2D eigenvalue weighted by Crippen LogP contribution is -2.43. The van der Waals surface area contributed by atoms with Crippen molar-refractivity contribution >= 4 is 17.6 Å². The highest BCUT2D eigenvalue weighted by Gasteiger charge is 2.41. The second-order valence-electron chi connectivity index (χ2n) is 11.1. The van der Waals surface area contributed by atoms with Gasteiger partial charge in [-0.2, -0.15) is 0 Å². The van der Waals surface area contributed by atoms with Gasteiger partial charge < -0.3 is 20.3 Å². The first-order chi connectivity index (χ1) is 19.1. The Morgan fingerprint density at radius 1 is 1.03 bits per heavy atom. The van der Waals surface area contributed by atoms with Crippen molar-refractivity contribution in [3.05, 3.63) is 88.6 Å². The van der Waals surface area contributed by atoms with Crippen LogP contribution in [0.5, 0.6) is 5.75 Å². The maximum atomic E-state index is 13.3. The number of pyridine rings is 1. The Morgan fingerprint density at radius 2 is 1.90 bits per heavy atom. The Bertz CT molecular complexity index is 1340. The summed E-state index contributed by atoms with van der Waals surface area (Å²) in [6.07, 6.45) is 7.86. The number of fused-ring (bicyclic) bond motifs is 2. The number of carbonyl (C=O) groups excluding carboxylic acids is 2. The first kappa shape index (κ1) is 25.4. The van der Waals surface area contributed by atoms with E-state index >= 15 is 0 Å². The van der Waals surface area contributed by atoms with Gasteiger partial charge in [-0.05, 0) is 80.7 Å². The lowest BCUT2D eigenvalue weighted by Gasteiger charge is -2.38. The molecule has 0 spiro atoms. The first-order valence-corrected chi connectivity index (χ1v) is 14.2. The van der Waals surface area contributed by atoms with E-state index in [0.29, 0.717) is 36.2 Å². The second-order valence-corrected chi connectivity index (χ2v) is 11.1. The van der Waals surface area contributed by atoms with E-state index in [2.05, 4.69) is 20.5 Å². The number of amides is 2. The van der Waals surface area contributed by atoms with Crippen LogP contribution in [0.1, 0.15) is 69.5 Å². The molecule has 3 heterocycles. The van der Waals surface area contributed by atoms with Crippen LogP contribution < -0.4 is 20.3 Å². The predicted octanol–water partition coefficient (Wildman–Crippen LogP) is 4.82. The average Bonchev–Trinajstić information content (AvgIpc) is 3.39. The minimum Gasteiger partial charge on any atom is -0.493 e. The van der Waals surface area contributed by atoms with E-state index in [1.54, 1.807) is 6.20 Å². The minimum absolute atomic E-state index is 0.0105. The summed E-state index contributed by atoms with van der Waals surface area (Å²) < 4.78 is 5.89.